The van der Waals surface area contributed by atoms with Gasteiger partial charge in [-0.15, -0.1) is 0 Å². The van der Waals surface area contributed by atoms with Crippen LogP contribution in [0.15, 0.2) is 91.1 Å². The summed E-state index contributed by atoms with van der Waals surface area (Å²) in [5.41, 5.74) is 3.63. The van der Waals surface area contributed by atoms with E-state index in [1.54, 1.807) is 6.20 Å². The van der Waals surface area contributed by atoms with Crippen LogP contribution in [0.25, 0.3) is 0 Å². The molecule has 0 atom stereocenters. The number of pyridine rings is 1. The summed E-state index contributed by atoms with van der Waals surface area (Å²) >= 11 is 12.4. The Morgan fingerprint density at radius 2 is 1.21 bits per heavy atom. The highest BCUT2D eigenvalue weighted by Crippen LogP contribution is 2.54. The summed E-state index contributed by atoms with van der Waals surface area (Å²) in [6.45, 7) is 0. The fourth-order valence-electron chi connectivity index (χ4n) is 4.06. The Labute approximate surface area is 173 Å². The first kappa shape index (κ1) is 17.3. The third kappa shape index (κ3) is 2.53. The fourth-order valence-corrected chi connectivity index (χ4v) is 4.31. The second-order valence-corrected chi connectivity index (χ2v) is 7.59. The number of benzene rings is 3. The van der Waals surface area contributed by atoms with Gasteiger partial charge in [-0.05, 0) is 47.5 Å². The molecule has 0 spiro atoms. The summed E-state index contributed by atoms with van der Waals surface area (Å²) in [5, 5.41) is 1.39. The molecule has 0 aliphatic carbocycles. The number of fused-ring (bicyclic) bond motifs is 2. The highest BCUT2D eigenvalue weighted by atomic mass is 35.5. The molecule has 0 saturated heterocycles. The Balaban J connectivity index is 1.94. The van der Waals surface area contributed by atoms with Gasteiger partial charge >= 0.3 is 0 Å². The SMILES string of the molecule is Clc1ccc(C2(c3ccc(Cl)cc3)c3ccccc3Oc3ncccc32)cc1. The van der Waals surface area contributed by atoms with Crippen molar-refractivity contribution in [2.75, 3.05) is 0 Å². The average Bonchev–Trinajstić information content (AvgIpc) is 2.73. The molecule has 5 rings (SSSR count). The standard InChI is InChI=1S/C24H15Cl2NO/c25-18-11-7-16(8-12-18)24(17-9-13-19(26)14-10-17)20-4-1-2-6-22(20)28-23-21(24)5-3-15-27-23/h1-15H. The third-order valence-corrected chi connectivity index (χ3v) is 5.73. The molecule has 28 heavy (non-hydrogen) atoms. The molecule has 0 unspecified atom stereocenters. The fraction of sp³-hybridized carbons (Fsp3) is 0.0417. The molecule has 0 N–H and O–H groups in total. The van der Waals surface area contributed by atoms with Gasteiger partial charge in [0, 0.05) is 27.4 Å². The van der Waals surface area contributed by atoms with Crippen molar-refractivity contribution < 1.29 is 4.74 Å². The zero-order valence-electron chi connectivity index (χ0n) is 14.8. The number of hydrogen-bond acceptors (Lipinski definition) is 2. The van der Waals surface area contributed by atoms with Gasteiger partial charge < -0.3 is 4.74 Å². The molecule has 0 amide bonds. The van der Waals surface area contributed by atoms with Gasteiger partial charge in [0.1, 0.15) is 5.75 Å². The maximum Gasteiger partial charge on any atom is 0.224 e. The van der Waals surface area contributed by atoms with Gasteiger partial charge in [0.25, 0.3) is 0 Å². The molecule has 1 aromatic heterocycles. The van der Waals surface area contributed by atoms with Crippen LogP contribution in [-0.4, -0.2) is 4.98 Å². The van der Waals surface area contributed by atoms with Crippen LogP contribution in [0.3, 0.4) is 0 Å². The quantitative estimate of drug-likeness (QED) is 0.320. The molecular weight excluding hydrogens is 389 g/mol. The summed E-state index contributed by atoms with van der Waals surface area (Å²) in [7, 11) is 0. The summed E-state index contributed by atoms with van der Waals surface area (Å²) < 4.78 is 6.16. The molecule has 0 bridgehead atoms. The first-order chi connectivity index (χ1) is 13.7. The van der Waals surface area contributed by atoms with E-state index >= 15 is 0 Å². The van der Waals surface area contributed by atoms with Crippen LogP contribution in [-0.2, 0) is 5.41 Å². The van der Waals surface area contributed by atoms with Crippen molar-refractivity contribution in [3.8, 4) is 11.6 Å². The van der Waals surface area contributed by atoms with Crippen molar-refractivity contribution in [3.63, 3.8) is 0 Å². The largest absolute Gasteiger partial charge is 0.438 e. The number of ether oxygens (including phenoxy) is 1. The first-order valence-corrected chi connectivity index (χ1v) is 9.70. The molecule has 3 aromatic carbocycles. The van der Waals surface area contributed by atoms with Crippen LogP contribution >= 0.6 is 23.2 Å². The summed E-state index contributed by atoms with van der Waals surface area (Å²) in [5.74, 6) is 1.39. The van der Waals surface area contributed by atoms with Gasteiger partial charge in [-0.2, -0.15) is 0 Å². The van der Waals surface area contributed by atoms with Crippen LogP contribution in [0.1, 0.15) is 22.3 Å². The minimum absolute atomic E-state index is 0.590. The average molecular weight is 404 g/mol. The highest BCUT2D eigenvalue weighted by Gasteiger charge is 2.45. The van der Waals surface area contributed by atoms with Gasteiger partial charge in [0.05, 0.1) is 5.41 Å². The van der Waals surface area contributed by atoms with Gasteiger partial charge in [0.2, 0.25) is 5.88 Å². The molecule has 0 radical (unpaired) electrons. The number of para-hydroxylation sites is 1. The van der Waals surface area contributed by atoms with Crippen LogP contribution in [0.5, 0.6) is 11.6 Å². The molecule has 2 nitrogen and oxygen atoms in total. The zero-order chi connectivity index (χ0) is 19.1. The summed E-state index contributed by atoms with van der Waals surface area (Å²) in [4.78, 5) is 4.53. The van der Waals surface area contributed by atoms with Crippen molar-refractivity contribution >= 4 is 23.2 Å². The van der Waals surface area contributed by atoms with Crippen LogP contribution < -0.4 is 4.74 Å². The van der Waals surface area contributed by atoms with Crippen LogP contribution in [0.2, 0.25) is 10.0 Å². The smallest absolute Gasteiger partial charge is 0.224 e. The molecule has 0 saturated carbocycles. The van der Waals surface area contributed by atoms with Crippen molar-refractivity contribution in [1.82, 2.24) is 4.98 Å². The molecule has 4 heteroatoms. The van der Waals surface area contributed by atoms with E-state index in [1.165, 1.54) is 0 Å². The van der Waals surface area contributed by atoms with Crippen LogP contribution in [0.4, 0.5) is 0 Å². The van der Waals surface area contributed by atoms with Crippen LogP contribution in [0, 0.1) is 0 Å². The minimum Gasteiger partial charge on any atom is -0.438 e. The maximum absolute atomic E-state index is 6.21. The van der Waals surface area contributed by atoms with E-state index in [-0.39, 0.29) is 0 Å². The Hall–Kier alpha value is -2.81. The summed E-state index contributed by atoms with van der Waals surface area (Å²) in [6, 6.07) is 28.0. The number of hydrogen-bond donors (Lipinski definition) is 0. The molecule has 1 aliphatic rings. The number of nitrogens with zero attached hydrogens (tertiary/aromatic N) is 1. The zero-order valence-corrected chi connectivity index (χ0v) is 16.3. The topological polar surface area (TPSA) is 22.1 Å². The number of halogens is 2. The van der Waals surface area contributed by atoms with Gasteiger partial charge in [0.15, 0.2) is 0 Å². The lowest BCUT2D eigenvalue weighted by molar-refractivity contribution is 0.416. The van der Waals surface area contributed by atoms with Crippen molar-refractivity contribution in [1.29, 1.82) is 0 Å². The normalized spacial score (nSPS) is 13.9. The number of rotatable bonds is 2. The Morgan fingerprint density at radius 1 is 0.643 bits per heavy atom. The van der Waals surface area contributed by atoms with E-state index in [4.69, 9.17) is 27.9 Å². The lowest BCUT2D eigenvalue weighted by Crippen LogP contribution is -2.34. The van der Waals surface area contributed by atoms with Crippen molar-refractivity contribution in [3.05, 3.63) is 123 Å². The van der Waals surface area contributed by atoms with Gasteiger partial charge in [-0.1, -0.05) is 71.7 Å². The Kier molecular flexibility index (Phi) is 4.12. The maximum atomic E-state index is 6.21. The Morgan fingerprint density at radius 3 is 1.86 bits per heavy atom. The Bertz CT molecular complexity index is 1060. The minimum atomic E-state index is -0.590. The first-order valence-electron chi connectivity index (χ1n) is 8.94. The third-order valence-electron chi connectivity index (χ3n) is 5.23. The molecule has 136 valence electrons. The number of aromatic nitrogens is 1. The summed E-state index contributed by atoms with van der Waals surface area (Å²) in [6.07, 6.45) is 1.75. The van der Waals surface area contributed by atoms with Gasteiger partial charge in [-0.3, -0.25) is 0 Å². The van der Waals surface area contributed by atoms with E-state index in [2.05, 4.69) is 41.4 Å². The van der Waals surface area contributed by atoms with E-state index in [9.17, 15) is 0 Å². The molecule has 0 fully saturated rings. The van der Waals surface area contributed by atoms with E-state index in [0.717, 1.165) is 28.0 Å². The second kappa shape index (κ2) is 6.66. The van der Waals surface area contributed by atoms with Crippen molar-refractivity contribution in [2.24, 2.45) is 0 Å². The van der Waals surface area contributed by atoms with E-state index in [1.807, 2.05) is 48.5 Å². The highest BCUT2D eigenvalue weighted by molar-refractivity contribution is 6.30. The predicted octanol–water partition coefficient (Wildman–Crippen LogP) is 6.88. The van der Waals surface area contributed by atoms with Crippen molar-refractivity contribution in [2.45, 2.75) is 5.41 Å². The molecule has 1 aliphatic heterocycles. The molecular formula is C24H15Cl2NO. The second-order valence-electron chi connectivity index (χ2n) is 6.72. The monoisotopic (exact) mass is 403 g/mol. The lowest BCUT2D eigenvalue weighted by atomic mass is 9.64. The predicted molar refractivity (Wildman–Crippen MR) is 113 cm³/mol. The molecule has 2 heterocycles. The van der Waals surface area contributed by atoms with Gasteiger partial charge in [-0.25, -0.2) is 4.98 Å². The van der Waals surface area contributed by atoms with E-state index in [0.29, 0.717) is 15.9 Å². The van der Waals surface area contributed by atoms with E-state index < -0.39 is 5.41 Å². The molecule has 4 aromatic rings. The lowest BCUT2D eigenvalue weighted by Gasteiger charge is -2.40.